The fraction of sp³-hybridized carbons (Fsp3) is 0.500. The second kappa shape index (κ2) is 8.63. The zero-order valence-electron chi connectivity index (χ0n) is 12.9. The van der Waals surface area contributed by atoms with Crippen molar-refractivity contribution < 1.29 is 4.79 Å². The fourth-order valence-electron chi connectivity index (χ4n) is 2.00. The first-order valence-electron chi connectivity index (χ1n) is 7.67. The van der Waals surface area contributed by atoms with Crippen LogP contribution in [0.1, 0.15) is 25.7 Å². The van der Waals surface area contributed by atoms with Crippen LogP contribution in [0.25, 0.3) is 0 Å². The lowest BCUT2D eigenvalue weighted by Gasteiger charge is -2.11. The number of hydrogen-bond acceptors (Lipinski definition) is 2. The van der Waals surface area contributed by atoms with Gasteiger partial charge in [-0.15, -0.1) is 0 Å². The van der Waals surface area contributed by atoms with Crippen LogP contribution in [-0.2, 0) is 4.79 Å². The number of nitrogens with one attached hydrogen (secondary N) is 3. The molecule has 2 rings (SSSR count). The summed E-state index contributed by atoms with van der Waals surface area (Å²) < 4.78 is 0. The highest BCUT2D eigenvalue weighted by atomic mass is 35.5. The van der Waals surface area contributed by atoms with Crippen LogP contribution in [0, 0.1) is 5.92 Å². The number of nitrogens with zero attached hydrogens (tertiary/aromatic N) is 1. The molecule has 22 heavy (non-hydrogen) atoms. The van der Waals surface area contributed by atoms with Gasteiger partial charge in [0.05, 0.1) is 0 Å². The molecule has 0 radical (unpaired) electrons. The van der Waals surface area contributed by atoms with Gasteiger partial charge in [0.1, 0.15) is 0 Å². The van der Waals surface area contributed by atoms with E-state index in [0.717, 1.165) is 37.1 Å². The maximum atomic E-state index is 11.8. The van der Waals surface area contributed by atoms with Gasteiger partial charge in [-0.05, 0) is 49.4 Å². The SMILES string of the molecule is CN=C(NCCCC(=O)Nc1ccc(Cl)cc1)NCC1CC1. The minimum atomic E-state index is 0.00468. The highest BCUT2D eigenvalue weighted by Gasteiger charge is 2.20. The number of rotatable bonds is 7. The standard InChI is InChI=1S/C16H23ClN4O/c1-18-16(20-11-12-4-5-12)19-10-2-3-15(22)21-14-8-6-13(17)7-9-14/h6-9,12H,2-5,10-11H2,1H3,(H,21,22)(H2,18,19,20). The summed E-state index contributed by atoms with van der Waals surface area (Å²) in [7, 11) is 1.76. The second-order valence-electron chi connectivity index (χ2n) is 5.48. The Morgan fingerprint density at radius 3 is 2.64 bits per heavy atom. The number of aliphatic imine (C=N–C) groups is 1. The van der Waals surface area contributed by atoms with Crippen molar-refractivity contribution in [3.05, 3.63) is 29.3 Å². The molecule has 0 saturated heterocycles. The summed E-state index contributed by atoms with van der Waals surface area (Å²) in [4.78, 5) is 16.0. The van der Waals surface area contributed by atoms with Crippen molar-refractivity contribution >= 4 is 29.2 Å². The smallest absolute Gasteiger partial charge is 0.224 e. The van der Waals surface area contributed by atoms with Crippen LogP contribution in [0.4, 0.5) is 5.69 Å². The van der Waals surface area contributed by atoms with Crippen molar-refractivity contribution in [2.24, 2.45) is 10.9 Å². The van der Waals surface area contributed by atoms with Gasteiger partial charge in [-0.3, -0.25) is 9.79 Å². The molecule has 120 valence electrons. The third-order valence-electron chi connectivity index (χ3n) is 3.48. The molecule has 1 aliphatic rings. The molecular weight excluding hydrogens is 300 g/mol. The summed E-state index contributed by atoms with van der Waals surface area (Å²) in [6.45, 7) is 1.70. The lowest BCUT2D eigenvalue weighted by Crippen LogP contribution is -2.38. The monoisotopic (exact) mass is 322 g/mol. The summed E-state index contributed by atoms with van der Waals surface area (Å²) >= 11 is 5.80. The molecule has 1 aliphatic carbocycles. The average Bonchev–Trinajstić information content (AvgIpc) is 3.33. The van der Waals surface area contributed by atoms with Crippen molar-refractivity contribution in [1.82, 2.24) is 10.6 Å². The van der Waals surface area contributed by atoms with Crippen LogP contribution in [0.5, 0.6) is 0 Å². The molecule has 0 bridgehead atoms. The van der Waals surface area contributed by atoms with Gasteiger partial charge in [0.2, 0.25) is 5.91 Å². The lowest BCUT2D eigenvalue weighted by atomic mass is 10.2. The maximum Gasteiger partial charge on any atom is 0.224 e. The van der Waals surface area contributed by atoms with E-state index in [0.29, 0.717) is 11.4 Å². The van der Waals surface area contributed by atoms with E-state index in [4.69, 9.17) is 11.6 Å². The van der Waals surface area contributed by atoms with Gasteiger partial charge in [0, 0.05) is 37.3 Å². The Hall–Kier alpha value is -1.75. The summed E-state index contributed by atoms with van der Waals surface area (Å²) in [5, 5.41) is 10.0. The molecule has 0 spiro atoms. The Bertz CT molecular complexity index is 511. The third kappa shape index (κ3) is 6.35. The average molecular weight is 323 g/mol. The van der Waals surface area contributed by atoms with E-state index in [9.17, 15) is 4.79 Å². The number of halogens is 1. The third-order valence-corrected chi connectivity index (χ3v) is 3.73. The van der Waals surface area contributed by atoms with Gasteiger partial charge in [-0.2, -0.15) is 0 Å². The topological polar surface area (TPSA) is 65.5 Å². The minimum absolute atomic E-state index is 0.00468. The Kier molecular flexibility index (Phi) is 6.52. The fourth-order valence-corrected chi connectivity index (χ4v) is 2.12. The molecule has 0 aromatic heterocycles. The van der Waals surface area contributed by atoms with E-state index >= 15 is 0 Å². The van der Waals surface area contributed by atoms with Gasteiger partial charge >= 0.3 is 0 Å². The van der Waals surface area contributed by atoms with Gasteiger partial charge in [-0.1, -0.05) is 11.6 Å². The van der Waals surface area contributed by atoms with E-state index in [1.165, 1.54) is 12.8 Å². The van der Waals surface area contributed by atoms with E-state index in [1.54, 1.807) is 31.3 Å². The number of carbonyl (C=O) groups is 1. The molecule has 1 aromatic rings. The van der Waals surface area contributed by atoms with Crippen LogP contribution in [0.3, 0.4) is 0 Å². The molecule has 5 nitrogen and oxygen atoms in total. The first-order valence-corrected chi connectivity index (χ1v) is 8.05. The van der Waals surface area contributed by atoms with Crippen LogP contribution >= 0.6 is 11.6 Å². The molecule has 1 aromatic carbocycles. The molecule has 0 heterocycles. The number of carbonyl (C=O) groups excluding carboxylic acids is 1. The molecule has 0 aliphatic heterocycles. The Morgan fingerprint density at radius 2 is 2.00 bits per heavy atom. The number of hydrogen-bond donors (Lipinski definition) is 3. The lowest BCUT2D eigenvalue weighted by molar-refractivity contribution is -0.116. The second-order valence-corrected chi connectivity index (χ2v) is 5.92. The van der Waals surface area contributed by atoms with Crippen molar-refractivity contribution in [1.29, 1.82) is 0 Å². The summed E-state index contributed by atoms with van der Waals surface area (Å²) in [5.41, 5.74) is 0.768. The number of amides is 1. The Morgan fingerprint density at radius 1 is 1.27 bits per heavy atom. The zero-order chi connectivity index (χ0) is 15.8. The molecule has 6 heteroatoms. The molecule has 0 atom stereocenters. The molecule has 1 amide bonds. The summed E-state index contributed by atoms with van der Waals surface area (Å²) in [5.74, 6) is 1.62. The van der Waals surface area contributed by atoms with Crippen LogP contribution in [-0.4, -0.2) is 32.0 Å². The van der Waals surface area contributed by atoms with Crippen molar-refractivity contribution in [2.45, 2.75) is 25.7 Å². The first-order chi connectivity index (χ1) is 10.7. The highest BCUT2D eigenvalue weighted by Crippen LogP contribution is 2.27. The summed E-state index contributed by atoms with van der Waals surface area (Å²) in [6, 6.07) is 7.10. The van der Waals surface area contributed by atoms with Crippen LogP contribution < -0.4 is 16.0 Å². The maximum absolute atomic E-state index is 11.8. The predicted octanol–water partition coefficient (Wildman–Crippen LogP) is 2.63. The molecule has 1 fully saturated rings. The zero-order valence-corrected chi connectivity index (χ0v) is 13.6. The van der Waals surface area contributed by atoms with Gasteiger partial charge in [0.25, 0.3) is 0 Å². The summed E-state index contributed by atoms with van der Waals surface area (Å²) in [6.07, 6.45) is 3.85. The van der Waals surface area contributed by atoms with Crippen molar-refractivity contribution in [2.75, 3.05) is 25.5 Å². The molecular formula is C16H23ClN4O. The first kappa shape index (κ1) is 16.6. The number of anilines is 1. The van der Waals surface area contributed by atoms with Gasteiger partial charge < -0.3 is 16.0 Å². The van der Waals surface area contributed by atoms with Crippen molar-refractivity contribution in [3.63, 3.8) is 0 Å². The molecule has 3 N–H and O–H groups in total. The largest absolute Gasteiger partial charge is 0.356 e. The van der Waals surface area contributed by atoms with E-state index in [1.807, 2.05) is 0 Å². The van der Waals surface area contributed by atoms with E-state index < -0.39 is 0 Å². The molecule has 1 saturated carbocycles. The van der Waals surface area contributed by atoms with Gasteiger partial charge in [-0.25, -0.2) is 0 Å². The Labute approximate surface area is 136 Å². The quantitative estimate of drug-likeness (QED) is 0.411. The Balaban J connectivity index is 1.58. The number of guanidine groups is 1. The van der Waals surface area contributed by atoms with E-state index in [2.05, 4.69) is 20.9 Å². The van der Waals surface area contributed by atoms with E-state index in [-0.39, 0.29) is 5.91 Å². The highest BCUT2D eigenvalue weighted by molar-refractivity contribution is 6.30. The van der Waals surface area contributed by atoms with Crippen LogP contribution in [0.2, 0.25) is 5.02 Å². The minimum Gasteiger partial charge on any atom is -0.356 e. The molecule has 0 unspecified atom stereocenters. The van der Waals surface area contributed by atoms with Crippen LogP contribution in [0.15, 0.2) is 29.3 Å². The predicted molar refractivity (Wildman–Crippen MR) is 91.4 cm³/mol. The van der Waals surface area contributed by atoms with Crippen molar-refractivity contribution in [3.8, 4) is 0 Å². The van der Waals surface area contributed by atoms with Gasteiger partial charge in [0.15, 0.2) is 5.96 Å². The number of benzene rings is 1. The normalized spacial score (nSPS) is 14.5.